The molecule has 0 spiro atoms. The van der Waals surface area contributed by atoms with Crippen molar-refractivity contribution in [1.82, 2.24) is 4.98 Å². The van der Waals surface area contributed by atoms with Gasteiger partial charge < -0.3 is 14.7 Å². The van der Waals surface area contributed by atoms with Gasteiger partial charge in [0.1, 0.15) is 5.82 Å². The second-order valence-corrected chi connectivity index (χ2v) is 8.05. The van der Waals surface area contributed by atoms with Gasteiger partial charge in [0.15, 0.2) is 0 Å². The Morgan fingerprint density at radius 2 is 1.67 bits per heavy atom. The minimum absolute atomic E-state index is 0.0574. The zero-order chi connectivity index (χ0) is 20.5. The molecule has 0 aliphatic carbocycles. The quantitative estimate of drug-likeness (QED) is 0.670. The largest absolute Gasteiger partial charge is 0.368 e. The molecule has 0 saturated carbocycles. The number of pyridine rings is 1. The average Bonchev–Trinajstić information content (AvgIpc) is 3.23. The summed E-state index contributed by atoms with van der Waals surface area (Å²) < 4.78 is 0. The number of piperazine rings is 1. The van der Waals surface area contributed by atoms with Crippen LogP contribution >= 0.6 is 0 Å². The number of amides is 1. The molecule has 3 aromatic rings. The summed E-state index contributed by atoms with van der Waals surface area (Å²) in [6.45, 7) is 6.55. The van der Waals surface area contributed by atoms with Crippen molar-refractivity contribution in [2.75, 3.05) is 47.4 Å². The van der Waals surface area contributed by atoms with E-state index in [0.717, 1.165) is 50.6 Å². The molecule has 0 atom stereocenters. The Morgan fingerprint density at radius 3 is 2.50 bits per heavy atom. The molecule has 1 fully saturated rings. The number of rotatable bonds is 3. The first-order valence-corrected chi connectivity index (χ1v) is 10.6. The average molecular weight is 399 g/mol. The summed E-state index contributed by atoms with van der Waals surface area (Å²) in [6.07, 6.45) is 2.68. The highest BCUT2D eigenvalue weighted by Crippen LogP contribution is 2.29. The fraction of sp³-hybridized carbons (Fsp3) is 0.280. The van der Waals surface area contributed by atoms with Crippen molar-refractivity contribution >= 4 is 23.1 Å². The van der Waals surface area contributed by atoms with E-state index in [1.807, 2.05) is 35.2 Å². The Morgan fingerprint density at radius 1 is 0.867 bits per heavy atom. The molecule has 0 N–H and O–H groups in total. The first kappa shape index (κ1) is 18.7. The molecule has 0 radical (unpaired) electrons. The third-order valence-electron chi connectivity index (χ3n) is 6.10. The fourth-order valence-electron chi connectivity index (χ4n) is 4.45. The molecule has 1 amide bonds. The van der Waals surface area contributed by atoms with Gasteiger partial charge in [-0.15, -0.1) is 0 Å². The molecule has 2 aliphatic heterocycles. The summed E-state index contributed by atoms with van der Waals surface area (Å²) in [5.41, 5.74) is 5.54. The SMILES string of the molecule is Cc1cccc(N2CCN(c3cc(C(=O)N4CCc5ccccc54)ccn3)CC2)c1. The van der Waals surface area contributed by atoms with Gasteiger partial charge in [0.05, 0.1) is 0 Å². The van der Waals surface area contributed by atoms with Gasteiger partial charge in [-0.1, -0.05) is 30.3 Å². The number of aryl methyl sites for hydroxylation is 1. The van der Waals surface area contributed by atoms with E-state index in [9.17, 15) is 4.79 Å². The number of fused-ring (bicyclic) bond motifs is 1. The maximum absolute atomic E-state index is 13.2. The second kappa shape index (κ2) is 7.82. The van der Waals surface area contributed by atoms with Crippen LogP contribution in [-0.4, -0.2) is 43.6 Å². The Balaban J connectivity index is 1.30. The van der Waals surface area contributed by atoms with Crippen molar-refractivity contribution in [3.8, 4) is 0 Å². The lowest BCUT2D eigenvalue weighted by atomic mass is 10.1. The van der Waals surface area contributed by atoms with E-state index < -0.39 is 0 Å². The Bertz CT molecular complexity index is 1070. The van der Waals surface area contributed by atoms with Crippen molar-refractivity contribution < 1.29 is 4.79 Å². The third kappa shape index (κ3) is 3.52. The molecule has 0 unspecified atom stereocenters. The van der Waals surface area contributed by atoms with Gasteiger partial charge in [-0.05, 0) is 54.8 Å². The number of anilines is 3. The first-order chi connectivity index (χ1) is 14.7. The van der Waals surface area contributed by atoms with Crippen LogP contribution in [0.4, 0.5) is 17.2 Å². The van der Waals surface area contributed by atoms with Crippen LogP contribution in [0, 0.1) is 6.92 Å². The molecule has 30 heavy (non-hydrogen) atoms. The molecule has 5 rings (SSSR count). The standard InChI is InChI=1S/C25H26N4O/c1-19-5-4-7-22(17-19)27-13-15-28(16-14-27)24-18-21(9-11-26-24)25(30)29-12-10-20-6-2-3-8-23(20)29/h2-9,11,17-18H,10,12-16H2,1H3. The molecule has 5 nitrogen and oxygen atoms in total. The monoisotopic (exact) mass is 398 g/mol. The van der Waals surface area contributed by atoms with Crippen molar-refractivity contribution in [1.29, 1.82) is 0 Å². The predicted octanol–water partition coefficient (Wildman–Crippen LogP) is 3.92. The van der Waals surface area contributed by atoms with Crippen LogP contribution in [0.2, 0.25) is 0 Å². The molecule has 2 aliphatic rings. The Labute approximate surface area is 177 Å². The van der Waals surface area contributed by atoms with Crippen molar-refractivity contribution in [2.24, 2.45) is 0 Å². The molecular weight excluding hydrogens is 372 g/mol. The molecule has 1 saturated heterocycles. The minimum Gasteiger partial charge on any atom is -0.368 e. The summed E-state index contributed by atoms with van der Waals surface area (Å²) in [4.78, 5) is 24.3. The number of carbonyl (C=O) groups is 1. The van der Waals surface area contributed by atoms with E-state index in [-0.39, 0.29) is 5.91 Å². The summed E-state index contributed by atoms with van der Waals surface area (Å²) in [6, 6.07) is 20.6. The molecule has 3 heterocycles. The lowest BCUT2D eigenvalue weighted by molar-refractivity contribution is 0.0989. The number of nitrogens with zero attached hydrogens (tertiary/aromatic N) is 4. The summed E-state index contributed by atoms with van der Waals surface area (Å²) >= 11 is 0. The molecule has 152 valence electrons. The van der Waals surface area contributed by atoms with Crippen molar-refractivity contribution in [3.63, 3.8) is 0 Å². The van der Waals surface area contributed by atoms with Crippen molar-refractivity contribution in [3.05, 3.63) is 83.6 Å². The zero-order valence-corrected chi connectivity index (χ0v) is 17.3. The third-order valence-corrected chi connectivity index (χ3v) is 6.10. The summed E-state index contributed by atoms with van der Waals surface area (Å²) in [7, 11) is 0. The Kier molecular flexibility index (Phi) is 4.87. The van der Waals surface area contributed by atoms with E-state index in [0.29, 0.717) is 5.56 Å². The van der Waals surface area contributed by atoms with Gasteiger partial charge in [-0.25, -0.2) is 4.98 Å². The van der Waals surface area contributed by atoms with Crippen LogP contribution in [0.25, 0.3) is 0 Å². The van der Waals surface area contributed by atoms with Gasteiger partial charge in [-0.3, -0.25) is 4.79 Å². The number of carbonyl (C=O) groups excluding carboxylic acids is 1. The van der Waals surface area contributed by atoms with Gasteiger partial charge in [-0.2, -0.15) is 0 Å². The fourth-order valence-corrected chi connectivity index (χ4v) is 4.45. The summed E-state index contributed by atoms with van der Waals surface area (Å²) in [5.74, 6) is 0.944. The highest BCUT2D eigenvalue weighted by molar-refractivity contribution is 6.07. The predicted molar refractivity (Wildman–Crippen MR) is 122 cm³/mol. The van der Waals surface area contributed by atoms with Gasteiger partial charge >= 0.3 is 0 Å². The zero-order valence-electron chi connectivity index (χ0n) is 17.3. The van der Waals surface area contributed by atoms with Crippen LogP contribution < -0.4 is 14.7 Å². The summed E-state index contributed by atoms with van der Waals surface area (Å²) in [5, 5.41) is 0. The van der Waals surface area contributed by atoms with Gasteiger partial charge in [0.2, 0.25) is 0 Å². The molecule has 2 aromatic carbocycles. The molecule has 1 aromatic heterocycles. The number of aromatic nitrogens is 1. The van der Waals surface area contributed by atoms with Crippen LogP contribution in [-0.2, 0) is 6.42 Å². The maximum atomic E-state index is 13.2. The van der Waals surface area contributed by atoms with E-state index in [1.54, 1.807) is 6.20 Å². The van der Waals surface area contributed by atoms with Crippen LogP contribution in [0.15, 0.2) is 66.9 Å². The topological polar surface area (TPSA) is 39.7 Å². The molecule has 0 bridgehead atoms. The maximum Gasteiger partial charge on any atom is 0.258 e. The van der Waals surface area contributed by atoms with E-state index in [2.05, 4.69) is 52.0 Å². The normalized spacial score (nSPS) is 16.0. The lowest BCUT2D eigenvalue weighted by Crippen LogP contribution is -2.47. The van der Waals surface area contributed by atoms with Crippen LogP contribution in [0.1, 0.15) is 21.5 Å². The number of hydrogen-bond acceptors (Lipinski definition) is 4. The van der Waals surface area contributed by atoms with Crippen LogP contribution in [0.5, 0.6) is 0 Å². The smallest absolute Gasteiger partial charge is 0.258 e. The highest BCUT2D eigenvalue weighted by Gasteiger charge is 2.26. The van der Waals surface area contributed by atoms with Crippen LogP contribution in [0.3, 0.4) is 0 Å². The molecular formula is C25H26N4O. The number of para-hydroxylation sites is 1. The van der Waals surface area contributed by atoms with E-state index >= 15 is 0 Å². The van der Waals surface area contributed by atoms with Crippen molar-refractivity contribution in [2.45, 2.75) is 13.3 Å². The van der Waals surface area contributed by atoms with E-state index in [1.165, 1.54) is 16.8 Å². The number of benzene rings is 2. The molecule has 5 heteroatoms. The highest BCUT2D eigenvalue weighted by atomic mass is 16.2. The minimum atomic E-state index is 0.0574. The number of hydrogen-bond donors (Lipinski definition) is 0. The first-order valence-electron chi connectivity index (χ1n) is 10.6. The second-order valence-electron chi connectivity index (χ2n) is 8.05. The lowest BCUT2D eigenvalue weighted by Gasteiger charge is -2.37. The van der Waals surface area contributed by atoms with Gasteiger partial charge in [0, 0.05) is 55.9 Å². The Hall–Kier alpha value is -3.34. The van der Waals surface area contributed by atoms with E-state index in [4.69, 9.17) is 0 Å². The van der Waals surface area contributed by atoms with Gasteiger partial charge in [0.25, 0.3) is 5.91 Å².